The number of rotatable bonds is 9. The van der Waals surface area contributed by atoms with E-state index >= 15 is 0 Å². The first kappa shape index (κ1) is 17.1. The summed E-state index contributed by atoms with van der Waals surface area (Å²) in [4.78, 5) is 0. The van der Waals surface area contributed by atoms with Crippen LogP contribution in [0.1, 0.15) is 37.8 Å². The molecule has 23 heavy (non-hydrogen) atoms. The molecule has 2 heteroatoms. The Balaban J connectivity index is 1.86. The highest BCUT2D eigenvalue weighted by Crippen LogP contribution is 2.17. The Morgan fingerprint density at radius 3 is 2.57 bits per heavy atom. The molecule has 0 bridgehead atoms. The van der Waals surface area contributed by atoms with E-state index < -0.39 is 0 Å². The molecule has 1 atom stereocenters. The maximum atomic E-state index is 5.88. The van der Waals surface area contributed by atoms with Crippen molar-refractivity contribution in [1.29, 1.82) is 0 Å². The number of nitrogens with one attached hydrogen (secondary N) is 1. The minimum Gasteiger partial charge on any atom is -0.489 e. The second-order valence-electron chi connectivity index (χ2n) is 5.99. The predicted molar refractivity (Wildman–Crippen MR) is 97.3 cm³/mol. The van der Waals surface area contributed by atoms with Gasteiger partial charge in [0.25, 0.3) is 0 Å². The van der Waals surface area contributed by atoms with E-state index in [-0.39, 0.29) is 0 Å². The molecule has 0 aliphatic rings. The van der Waals surface area contributed by atoms with E-state index in [2.05, 4.69) is 50.0 Å². The summed E-state index contributed by atoms with van der Waals surface area (Å²) in [5, 5.41) is 3.43. The lowest BCUT2D eigenvalue weighted by Crippen LogP contribution is -2.17. The lowest BCUT2D eigenvalue weighted by Gasteiger charge is -2.16. The van der Waals surface area contributed by atoms with Crippen molar-refractivity contribution in [2.45, 2.75) is 39.8 Å². The van der Waals surface area contributed by atoms with Crippen LogP contribution in [0.3, 0.4) is 0 Å². The second-order valence-corrected chi connectivity index (χ2v) is 5.99. The van der Waals surface area contributed by atoms with Crippen molar-refractivity contribution >= 4 is 0 Å². The van der Waals surface area contributed by atoms with Crippen LogP contribution < -0.4 is 10.1 Å². The molecule has 0 fully saturated rings. The van der Waals surface area contributed by atoms with Gasteiger partial charge in [0.05, 0.1) is 0 Å². The number of hydrogen-bond acceptors (Lipinski definition) is 2. The molecule has 0 spiro atoms. The minimum atomic E-state index is 0.512. The SMILES string of the molecule is C=C(NCc1cccc(OCc2ccccc2)c1)C(C)CCC. The number of ether oxygens (including phenoxy) is 1. The molecule has 2 nitrogen and oxygen atoms in total. The molecule has 122 valence electrons. The van der Waals surface area contributed by atoms with Crippen LogP contribution in [0.5, 0.6) is 5.75 Å². The first-order valence-corrected chi connectivity index (χ1v) is 8.37. The highest BCUT2D eigenvalue weighted by Gasteiger charge is 2.05. The van der Waals surface area contributed by atoms with Gasteiger partial charge in [-0.1, -0.05) is 69.3 Å². The van der Waals surface area contributed by atoms with E-state index in [4.69, 9.17) is 4.74 Å². The maximum Gasteiger partial charge on any atom is 0.120 e. The molecule has 2 rings (SSSR count). The van der Waals surface area contributed by atoms with Crippen molar-refractivity contribution in [2.24, 2.45) is 5.92 Å². The average molecular weight is 309 g/mol. The summed E-state index contributed by atoms with van der Waals surface area (Å²) in [5.74, 6) is 1.41. The molecule has 0 heterocycles. The number of hydrogen-bond donors (Lipinski definition) is 1. The Morgan fingerprint density at radius 2 is 1.83 bits per heavy atom. The number of benzene rings is 2. The van der Waals surface area contributed by atoms with Gasteiger partial charge in [-0.3, -0.25) is 0 Å². The molecule has 0 saturated carbocycles. The van der Waals surface area contributed by atoms with Gasteiger partial charge in [-0.05, 0) is 35.6 Å². The molecule has 0 aliphatic heterocycles. The number of allylic oxidation sites excluding steroid dienone is 1. The van der Waals surface area contributed by atoms with Crippen LogP contribution in [0.2, 0.25) is 0 Å². The van der Waals surface area contributed by atoms with Crippen molar-refractivity contribution in [3.8, 4) is 5.75 Å². The highest BCUT2D eigenvalue weighted by atomic mass is 16.5. The quantitative estimate of drug-likeness (QED) is 0.678. The van der Waals surface area contributed by atoms with Gasteiger partial charge >= 0.3 is 0 Å². The van der Waals surface area contributed by atoms with Crippen LogP contribution in [-0.4, -0.2) is 0 Å². The third-order valence-corrected chi connectivity index (χ3v) is 3.98. The van der Waals surface area contributed by atoms with Gasteiger partial charge in [0, 0.05) is 12.2 Å². The third-order valence-electron chi connectivity index (χ3n) is 3.98. The molecule has 0 aromatic heterocycles. The smallest absolute Gasteiger partial charge is 0.120 e. The topological polar surface area (TPSA) is 21.3 Å². The largest absolute Gasteiger partial charge is 0.489 e. The van der Waals surface area contributed by atoms with E-state index in [0.717, 1.165) is 18.0 Å². The van der Waals surface area contributed by atoms with Gasteiger partial charge in [0.1, 0.15) is 12.4 Å². The Kier molecular flexibility index (Phi) is 6.74. The van der Waals surface area contributed by atoms with Gasteiger partial charge in [-0.15, -0.1) is 0 Å². The van der Waals surface area contributed by atoms with Gasteiger partial charge < -0.3 is 10.1 Å². The molecule has 2 aromatic carbocycles. The van der Waals surface area contributed by atoms with E-state index in [1.54, 1.807) is 0 Å². The Hall–Kier alpha value is -2.22. The summed E-state index contributed by atoms with van der Waals surface area (Å²) < 4.78 is 5.88. The van der Waals surface area contributed by atoms with Crippen LogP contribution in [-0.2, 0) is 13.2 Å². The second kappa shape index (κ2) is 9.04. The summed E-state index contributed by atoms with van der Waals surface area (Å²) in [6.07, 6.45) is 2.36. The lowest BCUT2D eigenvalue weighted by molar-refractivity contribution is 0.306. The van der Waals surface area contributed by atoms with Gasteiger partial charge in [-0.2, -0.15) is 0 Å². The molecule has 1 unspecified atom stereocenters. The van der Waals surface area contributed by atoms with Crippen LogP contribution >= 0.6 is 0 Å². The monoisotopic (exact) mass is 309 g/mol. The fourth-order valence-electron chi connectivity index (χ4n) is 2.48. The van der Waals surface area contributed by atoms with Gasteiger partial charge in [-0.25, -0.2) is 0 Å². The van der Waals surface area contributed by atoms with Gasteiger partial charge in [0.2, 0.25) is 0 Å². The van der Waals surface area contributed by atoms with Crippen LogP contribution in [0.4, 0.5) is 0 Å². The molecule has 0 aliphatic carbocycles. The predicted octanol–water partition coefficient (Wildman–Crippen LogP) is 5.31. The van der Waals surface area contributed by atoms with Crippen molar-refractivity contribution in [1.82, 2.24) is 5.32 Å². The molecule has 2 aromatic rings. The van der Waals surface area contributed by atoms with E-state index in [0.29, 0.717) is 12.5 Å². The third kappa shape index (κ3) is 5.82. The Labute approximate surface area is 140 Å². The zero-order chi connectivity index (χ0) is 16.5. The van der Waals surface area contributed by atoms with Crippen molar-refractivity contribution in [3.05, 3.63) is 78.0 Å². The summed E-state index contributed by atoms with van der Waals surface area (Å²) >= 11 is 0. The molecular formula is C21H27NO. The summed E-state index contributed by atoms with van der Waals surface area (Å²) in [6, 6.07) is 18.5. The Morgan fingerprint density at radius 1 is 1.09 bits per heavy atom. The molecule has 0 saturated heterocycles. The highest BCUT2D eigenvalue weighted by molar-refractivity contribution is 5.29. The van der Waals surface area contributed by atoms with E-state index in [9.17, 15) is 0 Å². The fourth-order valence-corrected chi connectivity index (χ4v) is 2.48. The van der Waals surface area contributed by atoms with Crippen LogP contribution in [0.15, 0.2) is 66.9 Å². The van der Waals surface area contributed by atoms with Gasteiger partial charge in [0.15, 0.2) is 0 Å². The average Bonchev–Trinajstić information content (AvgIpc) is 2.59. The van der Waals surface area contributed by atoms with Crippen molar-refractivity contribution in [3.63, 3.8) is 0 Å². The van der Waals surface area contributed by atoms with Crippen molar-refractivity contribution in [2.75, 3.05) is 0 Å². The molecular weight excluding hydrogens is 282 g/mol. The molecule has 0 radical (unpaired) electrons. The summed E-state index contributed by atoms with van der Waals surface area (Å²) in [7, 11) is 0. The van der Waals surface area contributed by atoms with Crippen molar-refractivity contribution < 1.29 is 4.74 Å². The maximum absolute atomic E-state index is 5.88. The zero-order valence-corrected chi connectivity index (χ0v) is 14.2. The molecule has 1 N–H and O–H groups in total. The molecule has 0 amide bonds. The van der Waals surface area contributed by atoms with Crippen LogP contribution in [0.25, 0.3) is 0 Å². The first-order chi connectivity index (χ1) is 11.2. The zero-order valence-electron chi connectivity index (χ0n) is 14.2. The van der Waals surface area contributed by atoms with Crippen LogP contribution in [0, 0.1) is 5.92 Å². The summed E-state index contributed by atoms with van der Waals surface area (Å²) in [6.45, 7) is 9.95. The van der Waals surface area contributed by atoms with E-state index in [1.807, 2.05) is 30.3 Å². The Bertz CT molecular complexity index is 606. The standard InChI is InChI=1S/C21H27NO/c1-4-9-17(2)18(3)22-15-20-12-8-13-21(14-20)23-16-19-10-6-5-7-11-19/h5-8,10-14,17,22H,3-4,9,15-16H2,1-2H3. The first-order valence-electron chi connectivity index (χ1n) is 8.37. The lowest BCUT2D eigenvalue weighted by atomic mass is 10.0. The van der Waals surface area contributed by atoms with E-state index in [1.165, 1.54) is 24.0 Å². The summed E-state index contributed by atoms with van der Waals surface area (Å²) in [5.41, 5.74) is 3.50. The fraction of sp³-hybridized carbons (Fsp3) is 0.333. The minimum absolute atomic E-state index is 0.512. The normalized spacial score (nSPS) is 11.7.